The molecule has 4 aromatic rings. The largest absolute Gasteiger partial charge is 1.00 e. The second-order valence-corrected chi connectivity index (χ2v) is 13.3. The molecular weight excluding hydrogens is 495 g/mol. The molecule has 5 heteroatoms. The number of anilines is 1. The first kappa shape index (κ1) is 28.2. The van der Waals surface area contributed by atoms with E-state index in [1.165, 1.54) is 21.5 Å². The minimum atomic E-state index is -2.47. The van der Waals surface area contributed by atoms with Crippen molar-refractivity contribution in [3.63, 3.8) is 0 Å². The molecule has 0 spiro atoms. The van der Waals surface area contributed by atoms with Gasteiger partial charge < -0.3 is 17.7 Å². The number of amides is 1. The molecule has 0 fully saturated rings. The maximum absolute atomic E-state index is 13.5. The van der Waals surface area contributed by atoms with Crippen molar-refractivity contribution >= 4 is 34.8 Å². The van der Waals surface area contributed by atoms with Crippen LogP contribution in [0.15, 0.2) is 127 Å². The van der Waals surface area contributed by atoms with E-state index >= 15 is 0 Å². The van der Waals surface area contributed by atoms with Crippen LogP contribution in [0.5, 0.6) is 0 Å². The van der Waals surface area contributed by atoms with Crippen LogP contribution >= 0.6 is 7.26 Å². The third-order valence-electron chi connectivity index (χ3n) is 6.14. The van der Waals surface area contributed by atoms with Gasteiger partial charge in [-0.15, -0.1) is 0 Å². The van der Waals surface area contributed by atoms with E-state index in [4.69, 9.17) is 0 Å². The molecule has 0 aliphatic rings. The Morgan fingerprint density at radius 3 is 1.46 bits per heavy atom. The number of rotatable bonds is 7. The van der Waals surface area contributed by atoms with E-state index in [1.54, 1.807) is 0 Å². The van der Waals surface area contributed by atoms with Crippen LogP contribution < -0.4 is 39.0 Å². The number of carbonyl (C=O) groups excluding carboxylic acids is 1. The molecule has 0 radical (unpaired) electrons. The second-order valence-electron chi connectivity index (χ2n) is 9.92. The fraction of sp³-hybridized carbons (Fsp3) is 0.156. The SMILES string of the molecule is Cc1ccc(N/C=C(\NC(=O)C(C)(C)C)[P+](c2ccccc2)(c2ccccc2)c2ccccc2)cc1.[Cl-]. The Bertz CT molecular complexity index is 1220. The van der Waals surface area contributed by atoms with Crippen molar-refractivity contribution in [2.24, 2.45) is 5.41 Å². The molecule has 190 valence electrons. The average Bonchev–Trinajstić information content (AvgIpc) is 2.90. The lowest BCUT2D eigenvalue weighted by Gasteiger charge is -2.31. The van der Waals surface area contributed by atoms with Crippen LogP contribution in [0.25, 0.3) is 0 Å². The molecule has 0 aliphatic carbocycles. The topological polar surface area (TPSA) is 41.1 Å². The van der Waals surface area contributed by atoms with Crippen molar-refractivity contribution in [1.29, 1.82) is 0 Å². The molecule has 1 amide bonds. The first-order valence-corrected chi connectivity index (χ1v) is 14.0. The number of nitrogens with one attached hydrogen (secondary N) is 2. The van der Waals surface area contributed by atoms with Crippen molar-refractivity contribution < 1.29 is 17.2 Å². The number of hydrogen-bond donors (Lipinski definition) is 2. The van der Waals surface area contributed by atoms with E-state index in [0.29, 0.717) is 0 Å². The van der Waals surface area contributed by atoms with E-state index in [1.807, 2.05) is 45.2 Å². The van der Waals surface area contributed by atoms with E-state index in [-0.39, 0.29) is 18.3 Å². The highest BCUT2D eigenvalue weighted by atomic mass is 35.5. The van der Waals surface area contributed by atoms with Gasteiger partial charge in [0.1, 0.15) is 15.9 Å². The van der Waals surface area contributed by atoms with E-state index in [9.17, 15) is 4.79 Å². The van der Waals surface area contributed by atoms with Gasteiger partial charge in [-0.05, 0) is 55.5 Å². The molecule has 0 unspecified atom stereocenters. The van der Waals surface area contributed by atoms with E-state index in [0.717, 1.165) is 11.1 Å². The summed E-state index contributed by atoms with van der Waals surface area (Å²) in [5.74, 6) is -0.0216. The maximum Gasteiger partial charge on any atom is 0.232 e. The lowest BCUT2D eigenvalue weighted by Crippen LogP contribution is -3.00. The molecule has 3 nitrogen and oxygen atoms in total. The fourth-order valence-corrected chi connectivity index (χ4v) is 8.26. The molecule has 0 atom stereocenters. The lowest BCUT2D eigenvalue weighted by molar-refractivity contribution is -0.127. The highest BCUT2D eigenvalue weighted by molar-refractivity contribution is 7.99. The van der Waals surface area contributed by atoms with Crippen molar-refractivity contribution in [2.75, 3.05) is 5.32 Å². The highest BCUT2D eigenvalue weighted by Crippen LogP contribution is 2.61. The Labute approximate surface area is 227 Å². The van der Waals surface area contributed by atoms with Crippen molar-refractivity contribution in [3.8, 4) is 0 Å². The Balaban J connectivity index is 0.00000380. The summed E-state index contributed by atoms with van der Waals surface area (Å²) in [6, 6.07) is 39.9. The Morgan fingerprint density at radius 1 is 0.676 bits per heavy atom. The summed E-state index contributed by atoms with van der Waals surface area (Å²) in [5.41, 5.74) is 2.48. The molecule has 0 saturated carbocycles. The van der Waals surface area contributed by atoms with Crippen LogP contribution in [0.4, 0.5) is 5.69 Å². The van der Waals surface area contributed by atoms with Gasteiger partial charge in [0.2, 0.25) is 5.91 Å². The number of carbonyl (C=O) groups is 1. The fourth-order valence-electron chi connectivity index (χ4n) is 4.14. The molecule has 0 heterocycles. The third kappa shape index (κ3) is 6.31. The monoisotopic (exact) mass is 528 g/mol. The number of benzene rings is 4. The molecule has 37 heavy (non-hydrogen) atoms. The zero-order valence-corrected chi connectivity index (χ0v) is 23.4. The predicted octanol–water partition coefficient (Wildman–Crippen LogP) is 3.37. The molecule has 0 saturated heterocycles. The van der Waals surface area contributed by atoms with Gasteiger partial charge in [-0.1, -0.05) is 93.1 Å². The summed E-state index contributed by atoms with van der Waals surface area (Å²) in [6.45, 7) is 7.91. The zero-order chi connectivity index (χ0) is 25.6. The zero-order valence-electron chi connectivity index (χ0n) is 21.8. The standard InChI is InChI=1S/C32H33N2OP.ClH/c1-25-20-22-26(23-21-25)33-24-30(34-31(35)32(2,3)4)36(27-14-8-5-9-15-27,28-16-10-6-11-17-28)29-18-12-7-13-19-29;/h5-24,33H,1-4H3;1H/b30-24+;. The normalized spacial score (nSPS) is 11.8. The van der Waals surface area contributed by atoms with Crippen molar-refractivity contribution in [3.05, 3.63) is 132 Å². The van der Waals surface area contributed by atoms with Crippen LogP contribution in [0.2, 0.25) is 0 Å². The van der Waals surface area contributed by atoms with Crippen LogP contribution in [-0.2, 0) is 4.79 Å². The maximum atomic E-state index is 13.5. The van der Waals surface area contributed by atoms with Gasteiger partial charge in [0.15, 0.2) is 12.7 Å². The smallest absolute Gasteiger partial charge is 0.232 e. The van der Waals surface area contributed by atoms with Crippen molar-refractivity contribution in [1.82, 2.24) is 5.32 Å². The summed E-state index contributed by atoms with van der Waals surface area (Å²) in [4.78, 5) is 13.5. The molecule has 0 aliphatic heterocycles. The van der Waals surface area contributed by atoms with Gasteiger partial charge in [0, 0.05) is 11.1 Å². The summed E-state index contributed by atoms with van der Waals surface area (Å²) in [7, 11) is -2.47. The first-order chi connectivity index (χ1) is 17.3. The summed E-state index contributed by atoms with van der Waals surface area (Å²) in [6.07, 6.45) is 2.00. The van der Waals surface area contributed by atoms with Gasteiger partial charge in [-0.25, -0.2) is 0 Å². The Hall–Kier alpha value is -3.39. The average molecular weight is 529 g/mol. The summed E-state index contributed by atoms with van der Waals surface area (Å²) < 4.78 is 0. The van der Waals surface area contributed by atoms with Crippen LogP contribution in [-0.4, -0.2) is 5.91 Å². The number of aryl methyl sites for hydroxylation is 1. The number of halogens is 1. The van der Waals surface area contributed by atoms with Crippen LogP contribution in [0.3, 0.4) is 0 Å². The van der Waals surface area contributed by atoms with Gasteiger partial charge in [0.05, 0.1) is 6.20 Å². The lowest BCUT2D eigenvalue weighted by atomic mass is 9.96. The third-order valence-corrected chi connectivity index (χ3v) is 10.3. The van der Waals surface area contributed by atoms with Crippen LogP contribution in [0, 0.1) is 12.3 Å². The van der Waals surface area contributed by atoms with E-state index in [2.05, 4.69) is 115 Å². The summed E-state index contributed by atoms with van der Waals surface area (Å²) in [5, 5.41) is 10.4. The Morgan fingerprint density at radius 2 is 1.08 bits per heavy atom. The van der Waals surface area contributed by atoms with Gasteiger partial charge in [-0.2, -0.15) is 0 Å². The molecule has 0 bridgehead atoms. The first-order valence-electron chi connectivity index (χ1n) is 12.2. The Kier molecular flexibility index (Phi) is 9.32. The molecule has 4 rings (SSSR count). The summed E-state index contributed by atoms with van der Waals surface area (Å²) >= 11 is 0. The number of hydrogen-bond acceptors (Lipinski definition) is 2. The molecule has 2 N–H and O–H groups in total. The minimum Gasteiger partial charge on any atom is -1.00 e. The van der Waals surface area contributed by atoms with Gasteiger partial charge in [0.25, 0.3) is 0 Å². The minimum absolute atomic E-state index is 0. The predicted molar refractivity (Wildman–Crippen MR) is 156 cm³/mol. The van der Waals surface area contributed by atoms with Gasteiger partial charge >= 0.3 is 0 Å². The van der Waals surface area contributed by atoms with E-state index < -0.39 is 12.7 Å². The van der Waals surface area contributed by atoms with Gasteiger partial charge in [-0.3, -0.25) is 10.1 Å². The molecular formula is C32H34ClN2OP. The quantitative estimate of drug-likeness (QED) is 0.361. The molecule has 4 aromatic carbocycles. The van der Waals surface area contributed by atoms with Crippen molar-refractivity contribution in [2.45, 2.75) is 27.7 Å². The van der Waals surface area contributed by atoms with Crippen LogP contribution in [0.1, 0.15) is 26.3 Å². The molecule has 0 aromatic heterocycles. The second kappa shape index (κ2) is 12.2. The highest BCUT2D eigenvalue weighted by Gasteiger charge is 2.51.